The van der Waals surface area contributed by atoms with Crippen LogP contribution in [0.1, 0.15) is 0 Å². The maximum atomic E-state index is 10.4. The lowest BCUT2D eigenvalue weighted by atomic mass is 10.4. The fourth-order valence-electron chi connectivity index (χ4n) is 0.495. The first-order valence-electron chi connectivity index (χ1n) is 2.35. The van der Waals surface area contributed by atoms with Crippen LogP contribution < -0.4 is 5.32 Å². The smallest absolute Gasteiger partial charge is 0.315 e. The van der Waals surface area contributed by atoms with Gasteiger partial charge in [0.1, 0.15) is 6.67 Å². The largest absolute Gasteiger partial charge is 0.502 e. The van der Waals surface area contributed by atoms with Crippen molar-refractivity contribution in [3.05, 3.63) is 12.0 Å². The molecule has 5 heteroatoms. The summed E-state index contributed by atoms with van der Waals surface area (Å²) in [6.45, 7) is 0.0168. The summed E-state index contributed by atoms with van der Waals surface area (Å²) in [6, 6.07) is 0. The van der Waals surface area contributed by atoms with Gasteiger partial charge in [-0.3, -0.25) is 10.0 Å². The van der Waals surface area contributed by atoms with Crippen molar-refractivity contribution in [1.82, 2.24) is 10.4 Å². The lowest BCUT2D eigenvalue weighted by Gasteiger charge is -2.18. The molecule has 0 saturated heterocycles. The van der Waals surface area contributed by atoms with Crippen molar-refractivity contribution in [3.8, 4) is 0 Å². The number of hydrogen-bond acceptors (Lipinski definition) is 4. The molecule has 0 fully saturated rings. The fourth-order valence-corrected chi connectivity index (χ4v) is 0.495. The summed E-state index contributed by atoms with van der Waals surface area (Å²) in [5.74, 6) is -1.27. The number of aliphatic hydroxyl groups excluding tert-OH is 1. The molecule has 3 N–H and O–H groups in total. The third-order valence-electron chi connectivity index (χ3n) is 0.933. The van der Waals surface area contributed by atoms with Crippen LogP contribution in [0.5, 0.6) is 0 Å². The highest BCUT2D eigenvalue weighted by atomic mass is 16.5. The summed E-state index contributed by atoms with van der Waals surface area (Å²) in [5, 5.41) is 20.0. The molecule has 0 aromatic rings. The summed E-state index contributed by atoms with van der Waals surface area (Å²) < 4.78 is 0. The first kappa shape index (κ1) is 5.90. The number of nitrogens with one attached hydrogen (secondary N) is 1. The molecule has 5 nitrogen and oxygen atoms in total. The van der Waals surface area contributed by atoms with Crippen LogP contribution in [0.4, 0.5) is 0 Å². The normalized spacial score (nSPS) is 19.0. The van der Waals surface area contributed by atoms with Gasteiger partial charge in [-0.25, -0.2) is 0 Å². The number of rotatable bonds is 0. The van der Waals surface area contributed by atoms with Gasteiger partial charge in [-0.05, 0) is 0 Å². The zero-order chi connectivity index (χ0) is 6.85. The molecule has 0 saturated carbocycles. The van der Waals surface area contributed by atoms with Gasteiger partial charge >= 0.3 is 5.91 Å². The van der Waals surface area contributed by atoms with E-state index in [2.05, 4.69) is 5.32 Å². The Balaban J connectivity index is 2.74. The van der Waals surface area contributed by atoms with E-state index in [4.69, 9.17) is 10.3 Å². The second-order valence-electron chi connectivity index (χ2n) is 1.60. The monoisotopic (exact) mass is 130 g/mol. The van der Waals surface area contributed by atoms with Gasteiger partial charge in [0.2, 0.25) is 0 Å². The Bertz CT molecular complexity index is 165. The van der Waals surface area contributed by atoms with Crippen LogP contribution in [0.3, 0.4) is 0 Å². The van der Waals surface area contributed by atoms with Crippen molar-refractivity contribution in [2.24, 2.45) is 0 Å². The molecule has 0 aliphatic carbocycles. The Kier molecular flexibility index (Phi) is 1.27. The molecule has 1 amide bonds. The van der Waals surface area contributed by atoms with E-state index < -0.39 is 11.7 Å². The van der Waals surface area contributed by atoms with Gasteiger partial charge in [0, 0.05) is 6.20 Å². The Morgan fingerprint density at radius 2 is 2.44 bits per heavy atom. The fraction of sp³-hybridized carbons (Fsp3) is 0.250. The van der Waals surface area contributed by atoms with Gasteiger partial charge in [0.15, 0.2) is 5.76 Å². The molecule has 9 heavy (non-hydrogen) atoms. The van der Waals surface area contributed by atoms with Crippen LogP contribution in [0.2, 0.25) is 0 Å². The zero-order valence-electron chi connectivity index (χ0n) is 4.53. The molecule has 0 aromatic heterocycles. The van der Waals surface area contributed by atoms with Crippen LogP contribution in [0, 0.1) is 0 Å². The summed E-state index contributed by atoms with van der Waals surface area (Å²) in [5.41, 5.74) is 0. The van der Waals surface area contributed by atoms with Crippen molar-refractivity contribution >= 4 is 5.91 Å². The number of hydrogen-bond donors (Lipinski definition) is 3. The van der Waals surface area contributed by atoms with Gasteiger partial charge in [0.05, 0.1) is 0 Å². The first-order chi connectivity index (χ1) is 4.22. The third kappa shape index (κ3) is 0.945. The summed E-state index contributed by atoms with van der Waals surface area (Å²) in [7, 11) is 0. The number of carbonyl (C=O) groups is 1. The predicted octanol–water partition coefficient (Wildman–Crippen LogP) is -0.836. The molecule has 50 valence electrons. The Morgan fingerprint density at radius 1 is 1.78 bits per heavy atom. The predicted molar refractivity (Wildman–Crippen MR) is 27.3 cm³/mol. The van der Waals surface area contributed by atoms with Crippen LogP contribution in [0.25, 0.3) is 0 Å². The molecular formula is C4H6N2O3. The second kappa shape index (κ2) is 1.94. The number of nitrogens with zero attached hydrogens (tertiary/aromatic N) is 1. The van der Waals surface area contributed by atoms with Crippen molar-refractivity contribution in [2.45, 2.75) is 0 Å². The van der Waals surface area contributed by atoms with E-state index in [1.807, 2.05) is 0 Å². The Labute approximate surface area is 51.2 Å². The third-order valence-corrected chi connectivity index (χ3v) is 0.933. The Hall–Kier alpha value is -1.23. The maximum Gasteiger partial charge on any atom is 0.315 e. The minimum Gasteiger partial charge on any atom is -0.502 e. The second-order valence-corrected chi connectivity index (χ2v) is 1.60. The molecule has 0 spiro atoms. The lowest BCUT2D eigenvalue weighted by molar-refractivity contribution is -0.166. The van der Waals surface area contributed by atoms with E-state index in [0.29, 0.717) is 5.06 Å². The molecule has 0 radical (unpaired) electrons. The van der Waals surface area contributed by atoms with Crippen molar-refractivity contribution < 1.29 is 15.1 Å². The minimum atomic E-state index is -0.784. The number of aliphatic hydroxyl groups is 1. The summed E-state index contributed by atoms with van der Waals surface area (Å²) in [6.07, 6.45) is 1.13. The molecule has 1 rings (SSSR count). The van der Waals surface area contributed by atoms with E-state index in [9.17, 15) is 4.79 Å². The molecular weight excluding hydrogens is 124 g/mol. The molecule has 0 aromatic carbocycles. The first-order valence-corrected chi connectivity index (χ1v) is 2.35. The topological polar surface area (TPSA) is 72.8 Å². The summed E-state index contributed by atoms with van der Waals surface area (Å²) >= 11 is 0. The lowest BCUT2D eigenvalue weighted by Crippen LogP contribution is -2.39. The van der Waals surface area contributed by atoms with Crippen LogP contribution >= 0.6 is 0 Å². The molecule has 1 heterocycles. The van der Waals surface area contributed by atoms with E-state index in [-0.39, 0.29) is 6.67 Å². The number of carbonyl (C=O) groups excluding carboxylic acids is 1. The van der Waals surface area contributed by atoms with E-state index in [0.717, 1.165) is 6.20 Å². The minimum absolute atomic E-state index is 0.0168. The van der Waals surface area contributed by atoms with Gasteiger partial charge in [-0.1, -0.05) is 0 Å². The van der Waals surface area contributed by atoms with E-state index in [1.165, 1.54) is 0 Å². The number of hydroxylamine groups is 2. The standard InChI is InChI=1S/C4H6N2O3/c7-3-1-5-2-6(9)4(3)8/h1,5,7,9H,2H2. The summed E-state index contributed by atoms with van der Waals surface area (Å²) in [4.78, 5) is 10.4. The molecule has 0 unspecified atom stereocenters. The highest BCUT2D eigenvalue weighted by Gasteiger charge is 2.18. The number of amides is 1. The van der Waals surface area contributed by atoms with Crippen LogP contribution in [-0.2, 0) is 4.79 Å². The average molecular weight is 130 g/mol. The highest BCUT2D eigenvalue weighted by molar-refractivity contribution is 5.90. The van der Waals surface area contributed by atoms with Gasteiger partial charge in [-0.2, -0.15) is 5.06 Å². The van der Waals surface area contributed by atoms with Crippen LogP contribution in [-0.4, -0.2) is 28.0 Å². The van der Waals surface area contributed by atoms with Gasteiger partial charge in [0.25, 0.3) is 0 Å². The quantitative estimate of drug-likeness (QED) is 0.374. The van der Waals surface area contributed by atoms with Crippen molar-refractivity contribution in [2.75, 3.05) is 6.67 Å². The van der Waals surface area contributed by atoms with Gasteiger partial charge in [-0.15, -0.1) is 0 Å². The molecule has 1 aliphatic rings. The Morgan fingerprint density at radius 3 is 2.89 bits per heavy atom. The maximum absolute atomic E-state index is 10.4. The van der Waals surface area contributed by atoms with Crippen molar-refractivity contribution in [1.29, 1.82) is 0 Å². The molecule has 1 aliphatic heterocycles. The molecule has 0 atom stereocenters. The van der Waals surface area contributed by atoms with Crippen LogP contribution in [0.15, 0.2) is 12.0 Å². The zero-order valence-corrected chi connectivity index (χ0v) is 4.53. The average Bonchev–Trinajstić information content (AvgIpc) is 1.83. The SMILES string of the molecule is O=C1C(O)=CNCN1O. The molecule has 0 bridgehead atoms. The van der Waals surface area contributed by atoms with E-state index in [1.54, 1.807) is 0 Å². The van der Waals surface area contributed by atoms with Gasteiger partial charge < -0.3 is 10.4 Å². The van der Waals surface area contributed by atoms with E-state index >= 15 is 0 Å². The van der Waals surface area contributed by atoms with Crippen molar-refractivity contribution in [3.63, 3.8) is 0 Å². The highest BCUT2D eigenvalue weighted by Crippen LogP contribution is 1.97.